The largest absolute Gasteiger partial charge is 0.497 e. The van der Waals surface area contributed by atoms with Crippen LogP contribution in [0.4, 0.5) is 5.69 Å². The Bertz CT molecular complexity index is 2170. The Kier molecular flexibility index (Phi) is 8.17. The third kappa shape index (κ3) is 5.69. The van der Waals surface area contributed by atoms with Crippen molar-refractivity contribution in [3.63, 3.8) is 0 Å². The van der Waals surface area contributed by atoms with Crippen LogP contribution in [0.1, 0.15) is 28.5 Å². The number of fused-ring (bicyclic) bond motifs is 2. The fourth-order valence-corrected chi connectivity index (χ4v) is 7.28. The number of methoxy groups -OCH3 is 2. The number of ether oxygens (including phenoxy) is 3. The van der Waals surface area contributed by atoms with E-state index in [9.17, 15) is 13.2 Å². The van der Waals surface area contributed by atoms with Crippen molar-refractivity contribution in [3.8, 4) is 22.6 Å². The average Bonchev–Trinajstić information content (AvgIpc) is 3.63. The van der Waals surface area contributed by atoms with Gasteiger partial charge in [-0.3, -0.25) is 4.72 Å². The number of benzene rings is 4. The minimum atomic E-state index is -3.90. The number of anilines is 1. The van der Waals surface area contributed by atoms with Gasteiger partial charge in [0.15, 0.2) is 0 Å². The highest BCUT2D eigenvalue weighted by molar-refractivity contribution is 7.92. The molecule has 2 aromatic heterocycles. The molecule has 10 nitrogen and oxygen atoms in total. The van der Waals surface area contributed by atoms with Crippen LogP contribution in [-0.2, 0) is 21.3 Å². The first-order valence-electron chi connectivity index (χ1n) is 14.1. The molecule has 0 bridgehead atoms. The van der Waals surface area contributed by atoms with Gasteiger partial charge in [-0.05, 0) is 79.6 Å². The van der Waals surface area contributed by atoms with E-state index in [1.807, 2.05) is 34.9 Å². The highest BCUT2D eigenvalue weighted by Crippen LogP contribution is 2.40. The number of carbonyl (C=O) groups excluding carboxylic acids is 1. The van der Waals surface area contributed by atoms with Crippen LogP contribution in [0.15, 0.2) is 83.8 Å². The van der Waals surface area contributed by atoms with Crippen molar-refractivity contribution in [1.82, 2.24) is 13.3 Å². The van der Waals surface area contributed by atoms with Gasteiger partial charge < -0.3 is 18.8 Å². The van der Waals surface area contributed by atoms with Crippen molar-refractivity contribution in [3.05, 3.63) is 95.7 Å². The molecule has 0 aliphatic carbocycles. The summed E-state index contributed by atoms with van der Waals surface area (Å²) in [5.41, 5.74) is 5.43. The minimum absolute atomic E-state index is 0.165. The summed E-state index contributed by atoms with van der Waals surface area (Å²) in [4.78, 5) is 14.0. The van der Waals surface area contributed by atoms with Crippen LogP contribution in [0.25, 0.3) is 33.1 Å². The van der Waals surface area contributed by atoms with Crippen molar-refractivity contribution in [2.45, 2.75) is 25.3 Å². The van der Waals surface area contributed by atoms with Crippen LogP contribution in [0, 0.1) is 6.92 Å². The van der Waals surface area contributed by atoms with Gasteiger partial charge in [0.25, 0.3) is 10.0 Å². The summed E-state index contributed by atoms with van der Waals surface area (Å²) in [6.45, 7) is 3.90. The number of aromatic nitrogens is 3. The number of esters is 1. The molecule has 1 N–H and O–H groups in total. The number of sulfonamides is 1. The Morgan fingerprint density at radius 3 is 2.49 bits per heavy atom. The number of nitrogens with zero attached hydrogens (tertiary/aromatic N) is 3. The number of hydrogen-bond acceptors (Lipinski definition) is 9. The first-order valence-corrected chi connectivity index (χ1v) is 16.3. The minimum Gasteiger partial charge on any atom is -0.497 e. The fourth-order valence-electron chi connectivity index (χ4n) is 5.47. The van der Waals surface area contributed by atoms with E-state index < -0.39 is 16.0 Å². The third-order valence-electron chi connectivity index (χ3n) is 7.53. The van der Waals surface area contributed by atoms with Gasteiger partial charge in [-0.2, -0.15) is 8.75 Å². The fraction of sp³-hybridized carbons (Fsp3) is 0.182. The second kappa shape index (κ2) is 12.2. The van der Waals surface area contributed by atoms with Gasteiger partial charge in [0, 0.05) is 27.7 Å². The standard InChI is InChI=1S/C33H30N4O6S2/c1-5-43-33(38)32-31(21-10-13-26-27(17-21)35-44-34-26)25-18-23(36-45(39,40)30-9-7-6-8-20(30)2)11-14-28(25)37(32)19-22-16-24(41-3)12-15-29(22)42-4/h6-18,36H,5,19H2,1-4H3. The molecular formula is C33H30N4O6S2. The Hall–Kier alpha value is -4.94. The summed E-state index contributed by atoms with van der Waals surface area (Å²) < 4.78 is 56.9. The van der Waals surface area contributed by atoms with Gasteiger partial charge in [0.2, 0.25) is 0 Å². The Morgan fingerprint density at radius 1 is 0.933 bits per heavy atom. The SMILES string of the molecule is CCOC(=O)c1c(-c2ccc3nsnc3c2)c2cc(NS(=O)(=O)c3ccccc3C)ccc2n1Cc1cc(OC)ccc1OC. The van der Waals surface area contributed by atoms with Crippen LogP contribution in [0.2, 0.25) is 0 Å². The van der Waals surface area contributed by atoms with E-state index >= 15 is 0 Å². The monoisotopic (exact) mass is 642 g/mol. The maximum atomic E-state index is 13.8. The van der Waals surface area contributed by atoms with Gasteiger partial charge >= 0.3 is 5.97 Å². The Labute approximate surface area is 264 Å². The first kappa shape index (κ1) is 30.1. The van der Waals surface area contributed by atoms with Crippen LogP contribution in [-0.4, -0.2) is 48.5 Å². The molecule has 6 aromatic rings. The molecule has 0 amide bonds. The quantitative estimate of drug-likeness (QED) is 0.165. The molecular weight excluding hydrogens is 613 g/mol. The van der Waals surface area contributed by atoms with Gasteiger partial charge in [0.1, 0.15) is 28.2 Å². The smallest absolute Gasteiger partial charge is 0.355 e. The predicted octanol–water partition coefficient (Wildman–Crippen LogP) is 6.66. The highest BCUT2D eigenvalue weighted by Gasteiger charge is 2.27. The van der Waals surface area contributed by atoms with Crippen molar-refractivity contribution in [1.29, 1.82) is 0 Å². The summed E-state index contributed by atoms with van der Waals surface area (Å²) in [6, 6.07) is 23.1. The zero-order chi connectivity index (χ0) is 31.7. The van der Waals surface area contributed by atoms with Gasteiger partial charge in [0.05, 0.1) is 44.0 Å². The molecule has 12 heteroatoms. The zero-order valence-electron chi connectivity index (χ0n) is 25.0. The van der Waals surface area contributed by atoms with E-state index in [0.29, 0.717) is 56.0 Å². The summed E-state index contributed by atoms with van der Waals surface area (Å²) in [6.07, 6.45) is 0. The number of carbonyl (C=O) groups is 1. The Balaban J connectivity index is 1.61. The second-order valence-corrected chi connectivity index (χ2v) is 12.5. The molecule has 0 aliphatic rings. The predicted molar refractivity (Wildman–Crippen MR) is 175 cm³/mol. The molecule has 0 fully saturated rings. The molecule has 0 unspecified atom stereocenters. The maximum Gasteiger partial charge on any atom is 0.355 e. The molecule has 0 atom stereocenters. The lowest BCUT2D eigenvalue weighted by atomic mass is 10.0. The molecule has 0 aliphatic heterocycles. The van der Waals surface area contributed by atoms with E-state index in [0.717, 1.165) is 22.8 Å². The maximum absolute atomic E-state index is 13.8. The van der Waals surface area contributed by atoms with Crippen LogP contribution < -0.4 is 14.2 Å². The normalized spacial score (nSPS) is 11.6. The molecule has 0 radical (unpaired) electrons. The summed E-state index contributed by atoms with van der Waals surface area (Å²) in [7, 11) is -0.732. The van der Waals surface area contributed by atoms with E-state index in [-0.39, 0.29) is 18.0 Å². The zero-order valence-corrected chi connectivity index (χ0v) is 26.7. The number of rotatable bonds is 10. The molecule has 45 heavy (non-hydrogen) atoms. The second-order valence-electron chi connectivity index (χ2n) is 10.3. The van der Waals surface area contributed by atoms with Gasteiger partial charge in [-0.15, -0.1) is 0 Å². The summed E-state index contributed by atoms with van der Waals surface area (Å²) in [5, 5.41) is 0.646. The van der Waals surface area contributed by atoms with Gasteiger partial charge in [-0.1, -0.05) is 24.3 Å². The van der Waals surface area contributed by atoms with E-state index in [2.05, 4.69) is 13.5 Å². The Morgan fingerprint density at radius 2 is 1.73 bits per heavy atom. The molecule has 230 valence electrons. The first-order chi connectivity index (χ1) is 21.7. The van der Waals surface area contributed by atoms with Crippen LogP contribution in [0.3, 0.4) is 0 Å². The van der Waals surface area contributed by atoms with Crippen molar-refractivity contribution in [2.75, 3.05) is 25.5 Å². The lowest BCUT2D eigenvalue weighted by Crippen LogP contribution is -2.14. The number of hydrogen-bond donors (Lipinski definition) is 1. The lowest BCUT2D eigenvalue weighted by Gasteiger charge is -2.15. The van der Waals surface area contributed by atoms with Crippen molar-refractivity contribution >= 4 is 55.3 Å². The van der Waals surface area contributed by atoms with Crippen molar-refractivity contribution < 1.29 is 27.4 Å². The molecule has 0 saturated heterocycles. The average molecular weight is 643 g/mol. The van der Waals surface area contributed by atoms with E-state index in [4.69, 9.17) is 14.2 Å². The number of nitrogens with one attached hydrogen (secondary N) is 1. The van der Waals surface area contributed by atoms with Gasteiger partial charge in [-0.25, -0.2) is 13.2 Å². The molecule has 0 saturated carbocycles. The molecule has 2 heterocycles. The lowest BCUT2D eigenvalue weighted by molar-refractivity contribution is 0.0516. The van der Waals surface area contributed by atoms with Crippen LogP contribution in [0.5, 0.6) is 11.5 Å². The molecule has 6 rings (SSSR count). The highest BCUT2D eigenvalue weighted by atomic mass is 32.2. The summed E-state index contributed by atoms with van der Waals surface area (Å²) >= 11 is 1.10. The molecule has 0 spiro atoms. The van der Waals surface area contributed by atoms with Crippen molar-refractivity contribution in [2.24, 2.45) is 0 Å². The summed E-state index contributed by atoms with van der Waals surface area (Å²) in [5.74, 6) is 0.727. The molecule has 4 aromatic carbocycles. The third-order valence-corrected chi connectivity index (χ3v) is 9.62. The van der Waals surface area contributed by atoms with E-state index in [1.54, 1.807) is 76.6 Å². The number of aryl methyl sites for hydroxylation is 1. The van der Waals surface area contributed by atoms with Crippen LogP contribution >= 0.6 is 11.7 Å². The van der Waals surface area contributed by atoms with E-state index in [1.165, 1.54) is 0 Å². The topological polar surface area (TPSA) is 122 Å².